The molecule has 0 amide bonds. The van der Waals surface area contributed by atoms with Crippen molar-refractivity contribution in [2.45, 2.75) is 12.8 Å². The van der Waals surface area contributed by atoms with Crippen LogP contribution >= 0.6 is 15.9 Å². The predicted octanol–water partition coefficient (Wildman–Crippen LogP) is 3.39. The molecule has 3 heteroatoms. The summed E-state index contributed by atoms with van der Waals surface area (Å²) in [4.78, 5) is 10.9. The Morgan fingerprint density at radius 2 is 2.25 bits per heavy atom. The topological polar surface area (TPSA) is 26.3 Å². The third-order valence-corrected chi connectivity index (χ3v) is 2.70. The number of allylic oxidation sites excluding steroid dienone is 1. The van der Waals surface area contributed by atoms with Gasteiger partial charge in [-0.05, 0) is 24.5 Å². The van der Waals surface area contributed by atoms with Crippen LogP contribution in [0.4, 0.5) is 0 Å². The number of alkyl halides is 1. The predicted molar refractivity (Wildman–Crippen MR) is 69.6 cm³/mol. The van der Waals surface area contributed by atoms with Crippen LogP contribution in [0.5, 0.6) is 5.75 Å². The van der Waals surface area contributed by atoms with Gasteiger partial charge in [0.25, 0.3) is 0 Å². The van der Waals surface area contributed by atoms with Crippen molar-refractivity contribution in [3.63, 3.8) is 0 Å². The summed E-state index contributed by atoms with van der Waals surface area (Å²) >= 11 is 3.34. The molecule has 0 radical (unpaired) electrons. The van der Waals surface area contributed by atoms with Crippen molar-refractivity contribution in [3.05, 3.63) is 42.0 Å². The quantitative estimate of drug-likeness (QED) is 0.332. The van der Waals surface area contributed by atoms with E-state index in [1.807, 2.05) is 12.1 Å². The van der Waals surface area contributed by atoms with Gasteiger partial charge in [0.05, 0.1) is 12.2 Å². The average Bonchev–Trinajstić information content (AvgIpc) is 2.31. The van der Waals surface area contributed by atoms with Gasteiger partial charge in [-0.2, -0.15) is 0 Å². The van der Waals surface area contributed by atoms with E-state index in [1.54, 1.807) is 12.1 Å². The molecule has 0 aliphatic rings. The van der Waals surface area contributed by atoms with Crippen LogP contribution in [0, 0.1) is 0 Å². The first-order valence-electron chi connectivity index (χ1n) is 5.20. The van der Waals surface area contributed by atoms with Gasteiger partial charge in [0, 0.05) is 5.33 Å². The zero-order valence-electron chi connectivity index (χ0n) is 9.12. The zero-order chi connectivity index (χ0) is 11.8. The SMILES string of the molecule is C=CCc1cccc(C=O)c1OCCCBr. The molecule has 16 heavy (non-hydrogen) atoms. The number of carbonyl (C=O) groups excluding carboxylic acids is 1. The molecule has 1 rings (SSSR count). The van der Waals surface area contributed by atoms with Crippen LogP contribution in [0.15, 0.2) is 30.9 Å². The number of carbonyl (C=O) groups is 1. The normalized spacial score (nSPS) is 9.81. The van der Waals surface area contributed by atoms with Crippen LogP contribution < -0.4 is 4.74 Å². The van der Waals surface area contributed by atoms with Gasteiger partial charge in [-0.15, -0.1) is 6.58 Å². The molecule has 0 saturated carbocycles. The van der Waals surface area contributed by atoms with Gasteiger partial charge in [-0.3, -0.25) is 4.79 Å². The molecule has 0 unspecified atom stereocenters. The minimum atomic E-state index is 0.605. The van der Waals surface area contributed by atoms with Gasteiger partial charge in [-0.25, -0.2) is 0 Å². The molecule has 0 saturated heterocycles. The molecular weight excluding hydrogens is 268 g/mol. The maximum absolute atomic E-state index is 10.9. The first-order chi connectivity index (χ1) is 7.83. The molecule has 0 aliphatic carbocycles. The Hall–Kier alpha value is -1.09. The lowest BCUT2D eigenvalue weighted by Crippen LogP contribution is -2.03. The smallest absolute Gasteiger partial charge is 0.153 e. The second kappa shape index (κ2) is 7.23. The molecule has 1 aromatic rings. The van der Waals surface area contributed by atoms with Crippen LogP contribution in [0.1, 0.15) is 22.3 Å². The molecule has 2 nitrogen and oxygen atoms in total. The van der Waals surface area contributed by atoms with Gasteiger partial charge >= 0.3 is 0 Å². The molecule has 0 aliphatic heterocycles. The fourth-order valence-electron chi connectivity index (χ4n) is 1.42. The highest BCUT2D eigenvalue weighted by atomic mass is 79.9. The Bertz CT molecular complexity index is 361. The number of rotatable bonds is 7. The minimum absolute atomic E-state index is 0.605. The highest BCUT2D eigenvalue weighted by Gasteiger charge is 2.07. The summed E-state index contributed by atoms with van der Waals surface area (Å²) in [5.74, 6) is 0.693. The largest absolute Gasteiger partial charge is 0.493 e. The van der Waals surface area contributed by atoms with Crippen molar-refractivity contribution in [3.8, 4) is 5.75 Å². The summed E-state index contributed by atoms with van der Waals surface area (Å²) in [6.07, 6.45) is 4.27. The number of halogens is 1. The van der Waals surface area contributed by atoms with E-state index in [1.165, 1.54) is 0 Å². The minimum Gasteiger partial charge on any atom is -0.493 e. The van der Waals surface area contributed by atoms with Gasteiger partial charge in [0.15, 0.2) is 6.29 Å². The van der Waals surface area contributed by atoms with Crippen molar-refractivity contribution >= 4 is 22.2 Å². The van der Waals surface area contributed by atoms with E-state index in [2.05, 4.69) is 22.5 Å². The molecule has 0 aromatic heterocycles. The first-order valence-corrected chi connectivity index (χ1v) is 6.32. The summed E-state index contributed by atoms with van der Waals surface area (Å²) in [6.45, 7) is 4.31. The van der Waals surface area contributed by atoms with E-state index < -0.39 is 0 Å². The van der Waals surface area contributed by atoms with Gasteiger partial charge in [0.1, 0.15) is 5.75 Å². The second-order valence-corrected chi connectivity index (χ2v) is 4.13. The molecule has 0 bridgehead atoms. The number of benzene rings is 1. The monoisotopic (exact) mass is 282 g/mol. The summed E-state index contributed by atoms with van der Waals surface area (Å²) < 4.78 is 5.64. The van der Waals surface area contributed by atoms with Crippen LogP contribution in [-0.2, 0) is 6.42 Å². The lowest BCUT2D eigenvalue weighted by molar-refractivity contribution is 0.111. The number of hydrogen-bond acceptors (Lipinski definition) is 2. The third kappa shape index (κ3) is 3.49. The Balaban J connectivity index is 2.89. The van der Waals surface area contributed by atoms with Crippen molar-refractivity contribution in [1.29, 1.82) is 0 Å². The Morgan fingerprint density at radius 1 is 1.44 bits per heavy atom. The maximum Gasteiger partial charge on any atom is 0.153 e. The van der Waals surface area contributed by atoms with Crippen LogP contribution in [0.3, 0.4) is 0 Å². The number of ether oxygens (including phenoxy) is 1. The van der Waals surface area contributed by atoms with E-state index in [0.717, 1.165) is 23.6 Å². The van der Waals surface area contributed by atoms with Crippen molar-refractivity contribution in [1.82, 2.24) is 0 Å². The van der Waals surface area contributed by atoms with E-state index in [9.17, 15) is 4.79 Å². The number of para-hydroxylation sites is 1. The lowest BCUT2D eigenvalue weighted by atomic mass is 10.1. The van der Waals surface area contributed by atoms with Gasteiger partial charge in [-0.1, -0.05) is 34.1 Å². The summed E-state index contributed by atoms with van der Waals surface area (Å²) in [7, 11) is 0. The molecule has 0 atom stereocenters. The van der Waals surface area contributed by atoms with Crippen LogP contribution in [0.2, 0.25) is 0 Å². The summed E-state index contributed by atoms with van der Waals surface area (Å²) in [6, 6.07) is 5.58. The zero-order valence-corrected chi connectivity index (χ0v) is 10.7. The molecule has 0 fully saturated rings. The van der Waals surface area contributed by atoms with Gasteiger partial charge in [0.2, 0.25) is 0 Å². The number of hydrogen-bond donors (Lipinski definition) is 0. The molecule has 0 N–H and O–H groups in total. The van der Waals surface area contributed by atoms with E-state index in [-0.39, 0.29) is 0 Å². The fraction of sp³-hybridized carbons (Fsp3) is 0.308. The Kier molecular flexibility index (Phi) is 5.86. The van der Waals surface area contributed by atoms with Crippen molar-refractivity contribution in [2.75, 3.05) is 11.9 Å². The van der Waals surface area contributed by atoms with E-state index in [0.29, 0.717) is 24.3 Å². The van der Waals surface area contributed by atoms with Crippen molar-refractivity contribution in [2.24, 2.45) is 0 Å². The average molecular weight is 283 g/mol. The van der Waals surface area contributed by atoms with Gasteiger partial charge < -0.3 is 4.74 Å². The third-order valence-electron chi connectivity index (χ3n) is 2.14. The molecule has 0 heterocycles. The molecule has 86 valence electrons. The highest BCUT2D eigenvalue weighted by Crippen LogP contribution is 2.23. The number of aldehydes is 1. The summed E-state index contributed by atoms with van der Waals surface area (Å²) in [5.41, 5.74) is 1.61. The highest BCUT2D eigenvalue weighted by molar-refractivity contribution is 9.09. The van der Waals surface area contributed by atoms with Crippen LogP contribution in [0.25, 0.3) is 0 Å². The van der Waals surface area contributed by atoms with Crippen LogP contribution in [-0.4, -0.2) is 18.2 Å². The Morgan fingerprint density at radius 3 is 2.88 bits per heavy atom. The first kappa shape index (κ1) is 13.0. The van der Waals surface area contributed by atoms with Crippen molar-refractivity contribution < 1.29 is 9.53 Å². The molecular formula is C13H15BrO2. The van der Waals surface area contributed by atoms with E-state index >= 15 is 0 Å². The second-order valence-electron chi connectivity index (χ2n) is 3.34. The van der Waals surface area contributed by atoms with E-state index in [4.69, 9.17) is 4.74 Å². The fourth-order valence-corrected chi connectivity index (χ4v) is 1.65. The molecule has 0 spiro atoms. The summed E-state index contributed by atoms with van der Waals surface area (Å²) in [5, 5.41) is 0.896. The Labute approximate surface area is 104 Å². The molecule has 1 aromatic carbocycles. The standard InChI is InChI=1S/C13H15BrO2/c1-2-5-11-6-3-7-12(10-15)13(11)16-9-4-8-14/h2-3,6-7,10H,1,4-5,8-9H2. The lowest BCUT2D eigenvalue weighted by Gasteiger charge is -2.12. The maximum atomic E-state index is 10.9.